The molecule has 0 amide bonds. The highest BCUT2D eigenvalue weighted by atomic mass is 32.1. The van der Waals surface area contributed by atoms with E-state index in [1.807, 2.05) is 37.3 Å². The molecule has 0 spiro atoms. The summed E-state index contributed by atoms with van der Waals surface area (Å²) < 4.78 is 6.63. The molecule has 2 heterocycles. The third-order valence-electron chi connectivity index (χ3n) is 4.47. The molecule has 0 saturated heterocycles. The summed E-state index contributed by atoms with van der Waals surface area (Å²) in [5.41, 5.74) is 0.507. The summed E-state index contributed by atoms with van der Waals surface area (Å²) in [6.07, 6.45) is 0. The molecule has 0 aliphatic carbocycles. The third-order valence-corrected chi connectivity index (χ3v) is 5.47. The minimum Gasteiger partial charge on any atom is -0.464 e. The van der Waals surface area contributed by atoms with E-state index in [2.05, 4.69) is 4.98 Å². The molecule has 6 heteroatoms. The molecule has 0 unspecified atom stereocenters. The maximum atomic E-state index is 13.4. The van der Waals surface area contributed by atoms with Gasteiger partial charge in [0, 0.05) is 10.4 Å². The van der Waals surface area contributed by atoms with Gasteiger partial charge in [0.05, 0.1) is 12.0 Å². The number of fused-ring (bicyclic) bond motifs is 1. The summed E-state index contributed by atoms with van der Waals surface area (Å²) in [4.78, 5) is 32.2. The SMILES string of the molecule is CCOC(=O)C(C)(C)n1c(C)nc2sc(C)c(-c3ccccc3)c2c1=O. The van der Waals surface area contributed by atoms with Crippen LogP contribution in [0.25, 0.3) is 21.3 Å². The van der Waals surface area contributed by atoms with Crippen molar-refractivity contribution in [2.45, 2.75) is 40.2 Å². The Balaban J connectivity index is 2.35. The van der Waals surface area contributed by atoms with Crippen LogP contribution in [0, 0.1) is 13.8 Å². The molecule has 3 aromatic rings. The van der Waals surface area contributed by atoms with Gasteiger partial charge in [-0.25, -0.2) is 9.78 Å². The van der Waals surface area contributed by atoms with Crippen LogP contribution in [0.3, 0.4) is 0 Å². The first-order valence-corrected chi connectivity index (χ1v) is 9.36. The molecule has 0 aliphatic rings. The standard InChI is InChI=1S/C20H22N2O3S/c1-6-25-19(24)20(4,5)22-13(3)21-17-16(18(22)23)15(12(2)26-17)14-10-8-7-9-11-14/h7-11H,6H2,1-5H3. The van der Waals surface area contributed by atoms with Crippen LogP contribution in [0.2, 0.25) is 0 Å². The van der Waals surface area contributed by atoms with Gasteiger partial charge in [0.1, 0.15) is 16.2 Å². The zero-order valence-electron chi connectivity index (χ0n) is 15.6. The van der Waals surface area contributed by atoms with Crippen LogP contribution in [-0.4, -0.2) is 22.1 Å². The van der Waals surface area contributed by atoms with Crippen LogP contribution in [0.15, 0.2) is 35.1 Å². The summed E-state index contributed by atoms with van der Waals surface area (Å²) in [5, 5.41) is 0.557. The van der Waals surface area contributed by atoms with Crippen molar-refractivity contribution in [3.8, 4) is 11.1 Å². The number of thiophene rings is 1. The van der Waals surface area contributed by atoms with E-state index in [0.717, 1.165) is 16.0 Å². The molecule has 0 N–H and O–H groups in total. The number of nitrogens with zero attached hydrogens (tertiary/aromatic N) is 2. The Morgan fingerprint density at radius 3 is 2.50 bits per heavy atom. The van der Waals surface area contributed by atoms with Crippen LogP contribution >= 0.6 is 11.3 Å². The van der Waals surface area contributed by atoms with Gasteiger partial charge >= 0.3 is 5.97 Å². The molecule has 3 rings (SSSR count). The van der Waals surface area contributed by atoms with Crippen LogP contribution in [0.5, 0.6) is 0 Å². The zero-order valence-corrected chi connectivity index (χ0v) is 16.4. The van der Waals surface area contributed by atoms with E-state index in [4.69, 9.17) is 4.74 Å². The quantitative estimate of drug-likeness (QED) is 0.650. The molecule has 1 aromatic carbocycles. The van der Waals surface area contributed by atoms with E-state index in [0.29, 0.717) is 16.0 Å². The molecule has 2 aromatic heterocycles. The second kappa shape index (κ2) is 6.68. The zero-order chi connectivity index (χ0) is 19.1. The van der Waals surface area contributed by atoms with Crippen molar-refractivity contribution >= 4 is 27.5 Å². The Bertz CT molecular complexity index is 1030. The van der Waals surface area contributed by atoms with E-state index < -0.39 is 11.5 Å². The van der Waals surface area contributed by atoms with E-state index in [1.165, 1.54) is 15.9 Å². The molecular weight excluding hydrogens is 348 g/mol. The first-order chi connectivity index (χ1) is 12.3. The van der Waals surface area contributed by atoms with E-state index in [9.17, 15) is 9.59 Å². The second-order valence-electron chi connectivity index (χ2n) is 6.66. The first-order valence-electron chi connectivity index (χ1n) is 8.55. The number of carbonyl (C=O) groups is 1. The molecule has 0 saturated carbocycles. The highest BCUT2D eigenvalue weighted by Crippen LogP contribution is 2.36. The number of aromatic nitrogens is 2. The van der Waals surface area contributed by atoms with Crippen molar-refractivity contribution in [1.82, 2.24) is 9.55 Å². The molecule has 0 aliphatic heterocycles. The fraction of sp³-hybridized carbons (Fsp3) is 0.350. The van der Waals surface area contributed by atoms with Crippen LogP contribution in [0.4, 0.5) is 0 Å². The largest absolute Gasteiger partial charge is 0.464 e. The number of rotatable bonds is 4. The van der Waals surface area contributed by atoms with Gasteiger partial charge in [-0.05, 0) is 40.2 Å². The molecule has 0 atom stereocenters. The number of ether oxygens (including phenoxy) is 1. The second-order valence-corrected chi connectivity index (χ2v) is 7.86. The average Bonchev–Trinajstić information content (AvgIpc) is 2.91. The van der Waals surface area contributed by atoms with Gasteiger partial charge in [-0.3, -0.25) is 9.36 Å². The van der Waals surface area contributed by atoms with E-state index in [-0.39, 0.29) is 12.2 Å². The van der Waals surface area contributed by atoms with Crippen LogP contribution < -0.4 is 5.56 Å². The molecule has 136 valence electrons. The first kappa shape index (κ1) is 18.3. The summed E-state index contributed by atoms with van der Waals surface area (Å²) in [7, 11) is 0. The maximum absolute atomic E-state index is 13.4. The van der Waals surface area contributed by atoms with Crippen molar-refractivity contribution in [3.63, 3.8) is 0 Å². The topological polar surface area (TPSA) is 61.2 Å². The van der Waals surface area contributed by atoms with Crippen molar-refractivity contribution < 1.29 is 9.53 Å². The lowest BCUT2D eigenvalue weighted by Crippen LogP contribution is -2.45. The average molecular weight is 370 g/mol. The number of esters is 1. The molecule has 0 radical (unpaired) electrons. The van der Waals surface area contributed by atoms with Gasteiger partial charge in [0.15, 0.2) is 0 Å². The highest BCUT2D eigenvalue weighted by molar-refractivity contribution is 7.19. The van der Waals surface area contributed by atoms with Crippen molar-refractivity contribution in [2.24, 2.45) is 0 Å². The number of carbonyl (C=O) groups excluding carboxylic acids is 1. The van der Waals surface area contributed by atoms with Crippen molar-refractivity contribution in [1.29, 1.82) is 0 Å². The fourth-order valence-electron chi connectivity index (χ4n) is 3.27. The molecule has 5 nitrogen and oxygen atoms in total. The van der Waals surface area contributed by atoms with E-state index in [1.54, 1.807) is 27.7 Å². The Morgan fingerprint density at radius 1 is 1.23 bits per heavy atom. The van der Waals surface area contributed by atoms with Crippen molar-refractivity contribution in [3.05, 3.63) is 51.4 Å². The molecular formula is C20H22N2O3S. The Kier molecular flexibility index (Phi) is 4.71. The molecule has 0 fully saturated rings. The smallest absolute Gasteiger partial charge is 0.331 e. The van der Waals surface area contributed by atoms with Gasteiger partial charge < -0.3 is 4.74 Å². The van der Waals surface area contributed by atoms with Crippen LogP contribution in [0.1, 0.15) is 31.5 Å². The van der Waals surface area contributed by atoms with Gasteiger partial charge in [-0.2, -0.15) is 0 Å². The van der Waals surface area contributed by atoms with Gasteiger partial charge in [0.25, 0.3) is 5.56 Å². The Labute approximate surface area is 156 Å². The third kappa shape index (κ3) is 2.84. The summed E-state index contributed by atoms with van der Waals surface area (Å²) >= 11 is 1.50. The summed E-state index contributed by atoms with van der Waals surface area (Å²) in [6, 6.07) is 9.79. The number of hydrogen-bond acceptors (Lipinski definition) is 5. The van der Waals surface area contributed by atoms with Crippen LogP contribution in [-0.2, 0) is 15.1 Å². The molecule has 0 bridgehead atoms. The monoisotopic (exact) mass is 370 g/mol. The summed E-state index contributed by atoms with van der Waals surface area (Å²) in [5.74, 6) is 0.0565. The maximum Gasteiger partial charge on any atom is 0.331 e. The number of hydrogen-bond donors (Lipinski definition) is 0. The van der Waals surface area contributed by atoms with Gasteiger partial charge in [-0.1, -0.05) is 30.3 Å². The minimum atomic E-state index is -1.14. The predicted octanol–water partition coefficient (Wildman–Crippen LogP) is 4.04. The lowest BCUT2D eigenvalue weighted by Gasteiger charge is -2.26. The number of aryl methyl sites for hydroxylation is 2. The lowest BCUT2D eigenvalue weighted by molar-refractivity contribution is -0.152. The van der Waals surface area contributed by atoms with Gasteiger partial charge in [0.2, 0.25) is 0 Å². The number of benzene rings is 1. The predicted molar refractivity (Wildman–Crippen MR) is 105 cm³/mol. The molecule has 26 heavy (non-hydrogen) atoms. The summed E-state index contributed by atoms with van der Waals surface area (Å²) in [6.45, 7) is 9.13. The highest BCUT2D eigenvalue weighted by Gasteiger charge is 2.35. The van der Waals surface area contributed by atoms with Crippen molar-refractivity contribution in [2.75, 3.05) is 6.61 Å². The van der Waals surface area contributed by atoms with E-state index >= 15 is 0 Å². The Hall–Kier alpha value is -2.47. The minimum absolute atomic E-state index is 0.214. The normalized spacial score (nSPS) is 11.7. The fourth-order valence-corrected chi connectivity index (χ4v) is 4.35. The Morgan fingerprint density at radius 2 is 1.88 bits per heavy atom. The lowest BCUT2D eigenvalue weighted by atomic mass is 10.0. The van der Waals surface area contributed by atoms with Gasteiger partial charge in [-0.15, -0.1) is 11.3 Å².